The number of aryl methyl sites for hydroxylation is 2. The Kier molecular flexibility index (Phi) is 3.43. The maximum absolute atomic E-state index is 13.6. The van der Waals surface area contributed by atoms with E-state index in [-0.39, 0.29) is 5.82 Å². The number of imidazole rings is 1. The summed E-state index contributed by atoms with van der Waals surface area (Å²) in [6, 6.07) is 8.88. The van der Waals surface area contributed by atoms with E-state index >= 15 is 0 Å². The van der Waals surface area contributed by atoms with Gasteiger partial charge >= 0.3 is 0 Å². The molecule has 3 rings (SSSR count). The molecule has 0 aliphatic heterocycles. The molecule has 0 fully saturated rings. The van der Waals surface area contributed by atoms with Crippen LogP contribution in [0.4, 0.5) is 4.39 Å². The zero-order valence-corrected chi connectivity index (χ0v) is 12.2. The molecule has 3 aromatic rings. The van der Waals surface area contributed by atoms with Crippen molar-refractivity contribution in [1.82, 2.24) is 9.55 Å². The maximum Gasteiger partial charge on any atom is 0.178 e. The lowest BCUT2D eigenvalue weighted by Gasteiger charge is -2.03. The van der Waals surface area contributed by atoms with Crippen LogP contribution in [0.3, 0.4) is 0 Å². The first-order chi connectivity index (χ1) is 9.15. The van der Waals surface area contributed by atoms with E-state index in [1.165, 1.54) is 10.9 Å². The lowest BCUT2D eigenvalue weighted by atomic mass is 10.3. The molecule has 2 nitrogen and oxygen atoms in total. The number of para-hydroxylation sites is 1. The van der Waals surface area contributed by atoms with Crippen molar-refractivity contribution in [3.63, 3.8) is 0 Å². The van der Waals surface area contributed by atoms with Crippen molar-refractivity contribution in [2.75, 3.05) is 0 Å². The quantitative estimate of drug-likeness (QED) is 0.689. The largest absolute Gasteiger partial charge is 0.328 e. The van der Waals surface area contributed by atoms with Crippen LogP contribution in [0.1, 0.15) is 4.88 Å². The molecule has 0 radical (unpaired) electrons. The lowest BCUT2D eigenvalue weighted by molar-refractivity contribution is 0.637. The molecule has 0 aliphatic carbocycles. The zero-order valence-electron chi connectivity index (χ0n) is 9.82. The fourth-order valence-corrected chi connectivity index (χ4v) is 3.44. The molecule has 0 bridgehead atoms. The van der Waals surface area contributed by atoms with Crippen LogP contribution in [0.5, 0.6) is 0 Å². The molecule has 19 heavy (non-hydrogen) atoms. The average molecular weight is 313 g/mol. The summed E-state index contributed by atoms with van der Waals surface area (Å²) in [5.74, 6) is -0.276. The third kappa shape index (κ3) is 2.45. The Bertz CT molecular complexity index is 787. The van der Waals surface area contributed by atoms with Crippen molar-refractivity contribution in [3.8, 4) is 0 Å². The van der Waals surface area contributed by atoms with E-state index in [0.29, 0.717) is 16.8 Å². The van der Waals surface area contributed by atoms with E-state index in [1.807, 2.05) is 22.8 Å². The summed E-state index contributed by atoms with van der Waals surface area (Å²) in [5.41, 5.74) is 1.27. The molecule has 0 unspecified atom stereocenters. The molecule has 0 spiro atoms. The van der Waals surface area contributed by atoms with Crippen molar-refractivity contribution < 1.29 is 4.39 Å². The van der Waals surface area contributed by atoms with Gasteiger partial charge in [-0.1, -0.05) is 17.7 Å². The Balaban J connectivity index is 1.95. The number of nitrogens with zero attached hydrogens (tertiary/aromatic N) is 1. The van der Waals surface area contributed by atoms with E-state index in [4.69, 9.17) is 23.8 Å². The molecule has 0 aliphatic rings. The van der Waals surface area contributed by atoms with E-state index in [2.05, 4.69) is 4.98 Å². The number of hydrogen-bond donors (Lipinski definition) is 1. The number of halogens is 2. The SMILES string of the molecule is Fc1cccc2c1[nH]c(=S)n2CCc1ccc(Cl)s1. The fraction of sp³-hybridized carbons (Fsp3) is 0.154. The van der Waals surface area contributed by atoms with Crippen molar-refractivity contribution >= 4 is 46.2 Å². The molecular weight excluding hydrogens is 303 g/mol. The van der Waals surface area contributed by atoms with Gasteiger partial charge in [-0.3, -0.25) is 0 Å². The number of benzene rings is 1. The number of fused-ring (bicyclic) bond motifs is 1. The number of nitrogens with one attached hydrogen (secondary N) is 1. The second-order valence-corrected chi connectivity index (χ2v) is 6.36. The van der Waals surface area contributed by atoms with E-state index < -0.39 is 0 Å². The second kappa shape index (κ2) is 5.07. The predicted molar refractivity (Wildman–Crippen MR) is 80.1 cm³/mol. The summed E-state index contributed by atoms with van der Waals surface area (Å²) in [7, 11) is 0. The van der Waals surface area contributed by atoms with Crippen molar-refractivity contribution in [2.45, 2.75) is 13.0 Å². The number of rotatable bonds is 3. The summed E-state index contributed by atoms with van der Waals surface area (Å²) in [4.78, 5) is 4.11. The molecule has 2 aromatic heterocycles. The van der Waals surface area contributed by atoms with Gasteiger partial charge in [-0.15, -0.1) is 11.3 Å². The molecular formula is C13H10ClFN2S2. The summed E-state index contributed by atoms with van der Waals surface area (Å²) in [5, 5.41) is 0. The Morgan fingerprint density at radius 1 is 1.32 bits per heavy atom. The molecule has 1 aromatic carbocycles. The van der Waals surface area contributed by atoms with E-state index in [9.17, 15) is 4.39 Å². The van der Waals surface area contributed by atoms with Gasteiger partial charge in [-0.05, 0) is 42.9 Å². The second-order valence-electron chi connectivity index (χ2n) is 4.17. The van der Waals surface area contributed by atoms with Crippen LogP contribution in [0.15, 0.2) is 30.3 Å². The third-order valence-electron chi connectivity index (χ3n) is 2.97. The average Bonchev–Trinajstić information content (AvgIpc) is 2.92. The minimum Gasteiger partial charge on any atom is -0.328 e. The van der Waals surface area contributed by atoms with Gasteiger partial charge in [0.25, 0.3) is 0 Å². The van der Waals surface area contributed by atoms with Crippen LogP contribution < -0.4 is 0 Å². The number of hydrogen-bond acceptors (Lipinski definition) is 2. The molecule has 2 heterocycles. The van der Waals surface area contributed by atoms with Crippen molar-refractivity contribution in [1.29, 1.82) is 0 Å². The number of thiophene rings is 1. The van der Waals surface area contributed by atoms with Gasteiger partial charge in [0.2, 0.25) is 0 Å². The summed E-state index contributed by atoms with van der Waals surface area (Å²) in [6.07, 6.45) is 0.829. The molecule has 1 N–H and O–H groups in total. The standard InChI is InChI=1S/C13H10ClFN2S2/c14-11-5-4-8(19-11)6-7-17-10-3-1-2-9(15)12(10)16-13(17)18/h1-5H,6-7H2,(H,16,18). The minimum absolute atomic E-state index is 0.276. The maximum atomic E-state index is 13.6. The number of aromatic amines is 1. The van der Waals surface area contributed by atoms with Crippen LogP contribution >= 0.6 is 35.2 Å². The van der Waals surface area contributed by atoms with Gasteiger partial charge in [-0.2, -0.15) is 0 Å². The highest BCUT2D eigenvalue weighted by atomic mass is 35.5. The molecule has 0 saturated heterocycles. The van der Waals surface area contributed by atoms with Gasteiger partial charge in [0.1, 0.15) is 11.3 Å². The van der Waals surface area contributed by atoms with Gasteiger partial charge in [0.15, 0.2) is 4.77 Å². The topological polar surface area (TPSA) is 20.7 Å². The Morgan fingerprint density at radius 2 is 2.16 bits per heavy atom. The molecule has 98 valence electrons. The molecule has 0 saturated carbocycles. The van der Waals surface area contributed by atoms with Gasteiger partial charge in [0.05, 0.1) is 9.85 Å². The Labute approximate surface area is 123 Å². The first-order valence-corrected chi connectivity index (χ1v) is 7.36. The summed E-state index contributed by atoms with van der Waals surface area (Å²) < 4.78 is 16.9. The normalized spacial score (nSPS) is 11.3. The smallest absolute Gasteiger partial charge is 0.178 e. The first kappa shape index (κ1) is 12.8. The van der Waals surface area contributed by atoms with Crippen LogP contribution in [-0.4, -0.2) is 9.55 Å². The lowest BCUT2D eigenvalue weighted by Crippen LogP contribution is -2.00. The predicted octanol–water partition coefficient (Wildman–Crippen LogP) is 4.80. The van der Waals surface area contributed by atoms with Gasteiger partial charge in [-0.25, -0.2) is 4.39 Å². The monoisotopic (exact) mass is 312 g/mol. The summed E-state index contributed by atoms with van der Waals surface area (Å²) in [6.45, 7) is 0.707. The third-order valence-corrected chi connectivity index (χ3v) is 4.58. The Hall–Kier alpha value is -1.17. The first-order valence-electron chi connectivity index (χ1n) is 5.76. The highest BCUT2D eigenvalue weighted by Crippen LogP contribution is 2.23. The van der Waals surface area contributed by atoms with E-state index in [0.717, 1.165) is 16.3 Å². The zero-order chi connectivity index (χ0) is 13.4. The van der Waals surface area contributed by atoms with Crippen molar-refractivity contribution in [3.05, 3.63) is 50.1 Å². The highest BCUT2D eigenvalue weighted by molar-refractivity contribution is 7.71. The Morgan fingerprint density at radius 3 is 2.89 bits per heavy atom. The number of H-pyrrole nitrogens is 1. The van der Waals surface area contributed by atoms with Crippen LogP contribution in [-0.2, 0) is 13.0 Å². The van der Waals surface area contributed by atoms with Gasteiger partial charge in [0, 0.05) is 11.4 Å². The molecule has 0 amide bonds. The highest BCUT2D eigenvalue weighted by Gasteiger charge is 2.08. The molecule has 0 atom stereocenters. The summed E-state index contributed by atoms with van der Waals surface area (Å²) >= 11 is 12.7. The van der Waals surface area contributed by atoms with E-state index in [1.54, 1.807) is 17.4 Å². The molecule has 6 heteroatoms. The van der Waals surface area contributed by atoms with Gasteiger partial charge < -0.3 is 9.55 Å². The van der Waals surface area contributed by atoms with Crippen LogP contribution in [0.25, 0.3) is 11.0 Å². The fourth-order valence-electron chi connectivity index (χ4n) is 2.08. The minimum atomic E-state index is -0.276. The van der Waals surface area contributed by atoms with Crippen LogP contribution in [0, 0.1) is 10.6 Å². The number of aromatic nitrogens is 2. The van der Waals surface area contributed by atoms with Crippen molar-refractivity contribution in [2.24, 2.45) is 0 Å². The van der Waals surface area contributed by atoms with Crippen LogP contribution in [0.2, 0.25) is 4.34 Å².